The third kappa shape index (κ3) is 3.49. The van der Waals surface area contributed by atoms with Gasteiger partial charge in [0.05, 0.1) is 26.2 Å². The molecular formula is C23H23N3O6. The van der Waals surface area contributed by atoms with E-state index < -0.39 is 0 Å². The van der Waals surface area contributed by atoms with Crippen molar-refractivity contribution in [2.75, 3.05) is 27.6 Å². The summed E-state index contributed by atoms with van der Waals surface area (Å²) in [5.74, 6) is 3.41. The van der Waals surface area contributed by atoms with Gasteiger partial charge in [0.1, 0.15) is 0 Å². The zero-order chi connectivity index (χ0) is 22.2. The molecule has 2 aliphatic heterocycles. The van der Waals surface area contributed by atoms with Gasteiger partial charge in [0.25, 0.3) is 0 Å². The van der Waals surface area contributed by atoms with E-state index in [0.29, 0.717) is 47.7 Å². The van der Waals surface area contributed by atoms with Crippen molar-refractivity contribution in [1.29, 1.82) is 0 Å². The van der Waals surface area contributed by atoms with E-state index in [1.165, 1.54) is 0 Å². The molecule has 9 nitrogen and oxygen atoms in total. The van der Waals surface area contributed by atoms with Crippen LogP contribution in [0.1, 0.15) is 36.8 Å². The Morgan fingerprint density at radius 3 is 2.69 bits per heavy atom. The predicted molar refractivity (Wildman–Crippen MR) is 113 cm³/mol. The zero-order valence-corrected chi connectivity index (χ0v) is 18.0. The number of carbonyl (C=O) groups excluding carboxylic acids is 1. The standard InChI is InChI=1S/C23H23N3O6/c1-13(14-4-6-17(28-2)19(8-14)29-3)26-11-16(10-21(26)27)23-24-22(25-32-23)15-5-7-18-20(9-15)31-12-30-18/h4-9,13,16H,10-12H2,1-3H3. The summed E-state index contributed by atoms with van der Waals surface area (Å²) in [4.78, 5) is 19.2. The maximum atomic E-state index is 12.8. The molecule has 0 radical (unpaired) electrons. The number of aromatic nitrogens is 2. The van der Waals surface area contributed by atoms with Crippen LogP contribution >= 0.6 is 0 Å². The molecule has 0 spiro atoms. The number of amides is 1. The average molecular weight is 437 g/mol. The van der Waals surface area contributed by atoms with Gasteiger partial charge in [-0.3, -0.25) is 4.79 Å². The smallest absolute Gasteiger partial charge is 0.232 e. The molecule has 2 unspecified atom stereocenters. The van der Waals surface area contributed by atoms with E-state index in [9.17, 15) is 4.79 Å². The van der Waals surface area contributed by atoms with Gasteiger partial charge in [-0.15, -0.1) is 0 Å². The minimum absolute atomic E-state index is 0.0418. The molecule has 3 heterocycles. The van der Waals surface area contributed by atoms with Crippen molar-refractivity contribution in [2.24, 2.45) is 0 Å². The second kappa shape index (κ2) is 8.07. The maximum Gasteiger partial charge on any atom is 0.232 e. The van der Waals surface area contributed by atoms with Crippen LogP contribution in [-0.4, -0.2) is 48.5 Å². The molecule has 166 valence electrons. The Bertz CT molecular complexity index is 1160. The van der Waals surface area contributed by atoms with E-state index in [0.717, 1.165) is 11.1 Å². The summed E-state index contributed by atoms with van der Waals surface area (Å²) in [6.07, 6.45) is 0.320. The highest BCUT2D eigenvalue weighted by molar-refractivity contribution is 5.80. The number of hydrogen-bond donors (Lipinski definition) is 0. The summed E-state index contributed by atoms with van der Waals surface area (Å²) in [5, 5.41) is 4.11. The van der Waals surface area contributed by atoms with Crippen LogP contribution in [-0.2, 0) is 4.79 Å². The van der Waals surface area contributed by atoms with Gasteiger partial charge in [-0.2, -0.15) is 4.98 Å². The molecule has 9 heteroatoms. The van der Waals surface area contributed by atoms with Crippen LogP contribution in [0.5, 0.6) is 23.0 Å². The average Bonchev–Trinajstić information content (AvgIpc) is 3.56. The SMILES string of the molecule is COc1ccc(C(C)N2CC(c3nc(-c4ccc5c(c4)OCO5)no3)CC2=O)cc1OC. The highest BCUT2D eigenvalue weighted by Gasteiger charge is 2.37. The lowest BCUT2D eigenvalue weighted by Gasteiger charge is -2.25. The van der Waals surface area contributed by atoms with Gasteiger partial charge < -0.3 is 28.4 Å². The van der Waals surface area contributed by atoms with Gasteiger partial charge in [-0.25, -0.2) is 0 Å². The van der Waals surface area contributed by atoms with Crippen molar-refractivity contribution >= 4 is 5.91 Å². The first-order valence-electron chi connectivity index (χ1n) is 10.3. The summed E-state index contributed by atoms with van der Waals surface area (Å²) in [6.45, 7) is 2.69. The number of rotatable bonds is 6. The number of methoxy groups -OCH3 is 2. The minimum Gasteiger partial charge on any atom is -0.493 e. The number of benzene rings is 2. The molecule has 2 aromatic carbocycles. The number of fused-ring (bicyclic) bond motifs is 1. The summed E-state index contributed by atoms with van der Waals surface area (Å²) in [7, 11) is 3.19. The lowest BCUT2D eigenvalue weighted by Crippen LogP contribution is -2.28. The number of likely N-dealkylation sites (tertiary alicyclic amines) is 1. The van der Waals surface area contributed by atoms with E-state index in [1.807, 2.05) is 48.2 Å². The van der Waals surface area contributed by atoms with Crippen molar-refractivity contribution in [2.45, 2.75) is 25.3 Å². The van der Waals surface area contributed by atoms with Crippen LogP contribution in [0.4, 0.5) is 0 Å². The molecule has 5 rings (SSSR count). The van der Waals surface area contributed by atoms with Crippen molar-refractivity contribution in [3.63, 3.8) is 0 Å². The fourth-order valence-corrected chi connectivity index (χ4v) is 4.12. The maximum absolute atomic E-state index is 12.8. The molecular weight excluding hydrogens is 414 g/mol. The Morgan fingerprint density at radius 2 is 1.88 bits per heavy atom. The van der Waals surface area contributed by atoms with Gasteiger partial charge in [0.2, 0.25) is 24.4 Å². The molecule has 2 atom stereocenters. The van der Waals surface area contributed by atoms with Gasteiger partial charge >= 0.3 is 0 Å². The molecule has 1 amide bonds. The largest absolute Gasteiger partial charge is 0.493 e. The molecule has 0 aliphatic carbocycles. The highest BCUT2D eigenvalue weighted by atomic mass is 16.7. The van der Waals surface area contributed by atoms with Gasteiger partial charge in [0.15, 0.2) is 23.0 Å². The summed E-state index contributed by atoms with van der Waals surface area (Å²) in [5.41, 5.74) is 1.73. The fraction of sp³-hybridized carbons (Fsp3) is 0.348. The molecule has 0 N–H and O–H groups in total. The Kier molecular flexibility index (Phi) is 5.08. The van der Waals surface area contributed by atoms with Crippen molar-refractivity contribution in [1.82, 2.24) is 15.0 Å². The molecule has 3 aromatic rings. The first-order chi connectivity index (χ1) is 15.6. The number of nitrogens with zero attached hydrogens (tertiary/aromatic N) is 3. The van der Waals surface area contributed by atoms with Gasteiger partial charge in [-0.05, 0) is 42.8 Å². The Hall–Kier alpha value is -3.75. The van der Waals surface area contributed by atoms with Gasteiger partial charge in [0, 0.05) is 18.5 Å². The van der Waals surface area contributed by atoms with E-state index in [-0.39, 0.29) is 24.7 Å². The molecule has 0 saturated carbocycles. The van der Waals surface area contributed by atoms with E-state index in [2.05, 4.69) is 10.1 Å². The molecule has 1 saturated heterocycles. The normalized spacial score (nSPS) is 18.2. The fourth-order valence-electron chi connectivity index (χ4n) is 4.12. The minimum atomic E-state index is -0.166. The highest BCUT2D eigenvalue weighted by Crippen LogP contribution is 2.38. The third-order valence-corrected chi connectivity index (χ3v) is 5.94. The molecule has 0 bridgehead atoms. The van der Waals surface area contributed by atoms with Crippen molar-refractivity contribution < 1.29 is 28.3 Å². The lowest BCUT2D eigenvalue weighted by atomic mass is 10.1. The Morgan fingerprint density at radius 1 is 1.06 bits per heavy atom. The first kappa shape index (κ1) is 20.2. The lowest BCUT2D eigenvalue weighted by molar-refractivity contribution is -0.129. The summed E-state index contributed by atoms with van der Waals surface area (Å²) >= 11 is 0. The Balaban J connectivity index is 1.33. The molecule has 1 aromatic heterocycles. The molecule has 1 fully saturated rings. The number of hydrogen-bond acceptors (Lipinski definition) is 8. The zero-order valence-electron chi connectivity index (χ0n) is 18.0. The van der Waals surface area contributed by atoms with Crippen LogP contribution in [0.2, 0.25) is 0 Å². The third-order valence-electron chi connectivity index (χ3n) is 5.94. The second-order valence-electron chi connectivity index (χ2n) is 7.76. The predicted octanol–water partition coefficient (Wildman–Crippen LogP) is 3.56. The topological polar surface area (TPSA) is 96.2 Å². The number of ether oxygens (including phenoxy) is 4. The van der Waals surface area contributed by atoms with Crippen LogP contribution in [0.3, 0.4) is 0 Å². The second-order valence-corrected chi connectivity index (χ2v) is 7.76. The number of carbonyl (C=O) groups is 1. The van der Waals surface area contributed by atoms with Crippen molar-refractivity contribution in [3.05, 3.63) is 47.9 Å². The van der Waals surface area contributed by atoms with Crippen LogP contribution in [0, 0.1) is 0 Å². The Labute approximate surface area is 184 Å². The quantitative estimate of drug-likeness (QED) is 0.578. The summed E-state index contributed by atoms with van der Waals surface area (Å²) < 4.78 is 27.0. The van der Waals surface area contributed by atoms with Crippen molar-refractivity contribution in [3.8, 4) is 34.4 Å². The van der Waals surface area contributed by atoms with E-state index >= 15 is 0 Å². The van der Waals surface area contributed by atoms with Crippen LogP contribution < -0.4 is 18.9 Å². The monoisotopic (exact) mass is 437 g/mol. The van der Waals surface area contributed by atoms with Crippen LogP contribution in [0.15, 0.2) is 40.9 Å². The van der Waals surface area contributed by atoms with Crippen LogP contribution in [0.25, 0.3) is 11.4 Å². The van der Waals surface area contributed by atoms with E-state index in [1.54, 1.807) is 14.2 Å². The molecule has 2 aliphatic rings. The summed E-state index contributed by atoms with van der Waals surface area (Å²) in [6, 6.07) is 11.0. The van der Waals surface area contributed by atoms with Gasteiger partial charge in [-0.1, -0.05) is 11.2 Å². The first-order valence-corrected chi connectivity index (χ1v) is 10.3. The molecule has 32 heavy (non-hydrogen) atoms. The van der Waals surface area contributed by atoms with E-state index in [4.69, 9.17) is 23.5 Å².